The second-order valence-electron chi connectivity index (χ2n) is 7.38. The average molecular weight is 406 g/mol. The minimum atomic E-state index is -0.856. The zero-order chi connectivity index (χ0) is 21.0. The van der Waals surface area contributed by atoms with Crippen LogP contribution in [0.15, 0.2) is 24.4 Å². The van der Waals surface area contributed by atoms with E-state index in [1.165, 1.54) is 0 Å². The van der Waals surface area contributed by atoms with Crippen molar-refractivity contribution in [2.24, 2.45) is 5.92 Å². The number of hydrogen-bond acceptors (Lipinski definition) is 4. The van der Waals surface area contributed by atoms with Crippen LogP contribution < -0.4 is 15.4 Å². The van der Waals surface area contributed by atoms with Crippen LogP contribution in [-0.2, 0) is 17.8 Å². The molecule has 1 aromatic carbocycles. The predicted molar refractivity (Wildman–Crippen MR) is 102 cm³/mol. The average Bonchev–Trinajstić information content (AvgIpc) is 3.08. The highest BCUT2D eigenvalue weighted by molar-refractivity contribution is 5.95. The molecule has 0 unspecified atom stereocenters. The van der Waals surface area contributed by atoms with Gasteiger partial charge in [-0.3, -0.25) is 14.3 Å². The van der Waals surface area contributed by atoms with Gasteiger partial charge in [0.1, 0.15) is 5.82 Å². The second kappa shape index (κ2) is 9.02. The number of carbonyl (C=O) groups is 2. The first kappa shape index (κ1) is 20.8. The smallest absolute Gasteiger partial charge is 0.257 e. The van der Waals surface area contributed by atoms with Gasteiger partial charge in [0, 0.05) is 25.2 Å². The molecule has 156 valence electrons. The SMILES string of the molecule is CC(C)NC(=O)c1cnn2c1C[C@@H](CNC(=O)COc1ccc(F)cc1F)CC2. The molecule has 2 amide bonds. The molecule has 2 aromatic rings. The van der Waals surface area contributed by atoms with Crippen LogP contribution in [0.2, 0.25) is 0 Å². The Labute approximate surface area is 167 Å². The van der Waals surface area contributed by atoms with Gasteiger partial charge in [0.25, 0.3) is 11.8 Å². The van der Waals surface area contributed by atoms with Gasteiger partial charge < -0.3 is 15.4 Å². The number of rotatable bonds is 7. The van der Waals surface area contributed by atoms with Crippen LogP contribution in [0.4, 0.5) is 8.78 Å². The maximum absolute atomic E-state index is 13.5. The molecule has 0 spiro atoms. The van der Waals surface area contributed by atoms with Gasteiger partial charge in [0.15, 0.2) is 18.2 Å². The Balaban J connectivity index is 1.50. The van der Waals surface area contributed by atoms with E-state index in [1.807, 2.05) is 18.5 Å². The van der Waals surface area contributed by atoms with Crippen LogP contribution in [0.5, 0.6) is 5.75 Å². The molecular weight excluding hydrogens is 382 g/mol. The summed E-state index contributed by atoms with van der Waals surface area (Å²) in [6.07, 6.45) is 3.02. The zero-order valence-electron chi connectivity index (χ0n) is 16.4. The molecule has 1 aliphatic heterocycles. The fourth-order valence-electron chi connectivity index (χ4n) is 3.25. The van der Waals surface area contributed by atoms with Gasteiger partial charge in [0.2, 0.25) is 0 Å². The molecule has 29 heavy (non-hydrogen) atoms. The van der Waals surface area contributed by atoms with E-state index in [0.717, 1.165) is 24.2 Å². The number of benzene rings is 1. The van der Waals surface area contributed by atoms with Gasteiger partial charge in [-0.05, 0) is 44.7 Å². The largest absolute Gasteiger partial charge is 0.481 e. The molecule has 1 aromatic heterocycles. The summed E-state index contributed by atoms with van der Waals surface area (Å²) in [6.45, 7) is 4.50. The standard InChI is InChI=1S/C20H24F2N4O3/c1-12(2)25-20(28)15-10-24-26-6-5-13(7-17(15)26)9-23-19(27)11-29-18-4-3-14(21)8-16(18)22/h3-4,8,10,12-13H,5-7,9,11H2,1-2H3,(H,23,27)(H,25,28)/t13-/m0/s1. The quantitative estimate of drug-likeness (QED) is 0.737. The Morgan fingerprint density at radius 2 is 2.14 bits per heavy atom. The summed E-state index contributed by atoms with van der Waals surface area (Å²) in [7, 11) is 0. The lowest BCUT2D eigenvalue weighted by atomic mass is 9.94. The molecule has 0 aliphatic carbocycles. The van der Waals surface area contributed by atoms with Gasteiger partial charge in [0.05, 0.1) is 17.5 Å². The van der Waals surface area contributed by atoms with Crippen molar-refractivity contribution in [3.8, 4) is 5.75 Å². The van der Waals surface area contributed by atoms with Crippen molar-refractivity contribution in [1.82, 2.24) is 20.4 Å². The lowest BCUT2D eigenvalue weighted by Gasteiger charge is -2.24. The molecule has 0 saturated carbocycles. The van der Waals surface area contributed by atoms with Crippen molar-refractivity contribution in [3.05, 3.63) is 47.3 Å². The second-order valence-corrected chi connectivity index (χ2v) is 7.38. The van der Waals surface area contributed by atoms with Gasteiger partial charge in [-0.25, -0.2) is 8.78 Å². The van der Waals surface area contributed by atoms with Crippen LogP contribution in [-0.4, -0.2) is 40.8 Å². The normalized spacial score (nSPS) is 15.7. The first-order chi connectivity index (χ1) is 13.8. The first-order valence-electron chi connectivity index (χ1n) is 9.53. The Bertz CT molecular complexity index is 898. The molecule has 1 aliphatic rings. The summed E-state index contributed by atoms with van der Waals surface area (Å²) in [6, 6.07) is 2.94. The molecule has 0 saturated heterocycles. The molecule has 2 heterocycles. The topological polar surface area (TPSA) is 85.3 Å². The van der Waals surface area contributed by atoms with Crippen molar-refractivity contribution in [3.63, 3.8) is 0 Å². The maximum Gasteiger partial charge on any atom is 0.257 e. The van der Waals surface area contributed by atoms with Crippen molar-refractivity contribution in [1.29, 1.82) is 0 Å². The summed E-state index contributed by atoms with van der Waals surface area (Å²) in [5.74, 6) is -2.14. The first-order valence-corrected chi connectivity index (χ1v) is 9.53. The zero-order valence-corrected chi connectivity index (χ0v) is 16.4. The fraction of sp³-hybridized carbons (Fsp3) is 0.450. The molecule has 1 atom stereocenters. The van der Waals surface area contributed by atoms with Crippen LogP contribution in [0.3, 0.4) is 0 Å². The lowest BCUT2D eigenvalue weighted by Crippen LogP contribution is -2.36. The minimum absolute atomic E-state index is 0.0302. The molecule has 7 nitrogen and oxygen atoms in total. The van der Waals surface area contributed by atoms with Crippen molar-refractivity contribution >= 4 is 11.8 Å². The Morgan fingerprint density at radius 3 is 2.86 bits per heavy atom. The Hall–Kier alpha value is -2.97. The van der Waals surface area contributed by atoms with Gasteiger partial charge in [-0.1, -0.05) is 0 Å². The number of fused-ring (bicyclic) bond motifs is 1. The summed E-state index contributed by atoms with van der Waals surface area (Å²) >= 11 is 0. The lowest BCUT2D eigenvalue weighted by molar-refractivity contribution is -0.123. The number of nitrogens with one attached hydrogen (secondary N) is 2. The summed E-state index contributed by atoms with van der Waals surface area (Å²) in [5, 5.41) is 9.91. The van der Waals surface area contributed by atoms with E-state index in [9.17, 15) is 18.4 Å². The molecule has 0 radical (unpaired) electrons. The number of nitrogens with zero attached hydrogens (tertiary/aromatic N) is 2. The Morgan fingerprint density at radius 1 is 1.34 bits per heavy atom. The van der Waals surface area contributed by atoms with E-state index in [2.05, 4.69) is 15.7 Å². The maximum atomic E-state index is 13.5. The molecule has 9 heteroatoms. The fourth-order valence-corrected chi connectivity index (χ4v) is 3.25. The summed E-state index contributed by atoms with van der Waals surface area (Å²) in [5.41, 5.74) is 1.42. The van der Waals surface area contributed by atoms with Crippen molar-refractivity contribution in [2.45, 2.75) is 39.3 Å². The molecule has 0 fully saturated rings. The number of carbonyl (C=O) groups excluding carboxylic acids is 2. The van der Waals surface area contributed by atoms with E-state index >= 15 is 0 Å². The number of aromatic nitrogens is 2. The molecule has 0 bridgehead atoms. The van der Waals surface area contributed by atoms with Crippen molar-refractivity contribution < 1.29 is 23.1 Å². The molecule has 3 rings (SSSR count). The van der Waals surface area contributed by atoms with Crippen LogP contribution in [0.25, 0.3) is 0 Å². The van der Waals surface area contributed by atoms with Gasteiger partial charge >= 0.3 is 0 Å². The van der Waals surface area contributed by atoms with Gasteiger partial charge in [-0.2, -0.15) is 5.10 Å². The third-order valence-electron chi connectivity index (χ3n) is 4.68. The number of ether oxygens (including phenoxy) is 1. The highest BCUT2D eigenvalue weighted by Gasteiger charge is 2.25. The number of halogens is 2. The van der Waals surface area contributed by atoms with Crippen LogP contribution in [0, 0.1) is 17.6 Å². The number of hydrogen-bond donors (Lipinski definition) is 2. The van der Waals surface area contributed by atoms with E-state index in [-0.39, 0.29) is 30.2 Å². The van der Waals surface area contributed by atoms with E-state index in [4.69, 9.17) is 4.74 Å². The third kappa shape index (κ3) is 5.30. The van der Waals surface area contributed by atoms with E-state index < -0.39 is 17.5 Å². The van der Waals surface area contributed by atoms with Gasteiger partial charge in [-0.15, -0.1) is 0 Å². The monoisotopic (exact) mass is 406 g/mol. The number of amides is 2. The molecular formula is C20H24F2N4O3. The minimum Gasteiger partial charge on any atom is -0.481 e. The molecule has 2 N–H and O–H groups in total. The third-order valence-corrected chi connectivity index (χ3v) is 4.68. The predicted octanol–water partition coefficient (Wildman–Crippen LogP) is 2.06. The van der Waals surface area contributed by atoms with E-state index in [0.29, 0.717) is 31.1 Å². The van der Waals surface area contributed by atoms with Crippen molar-refractivity contribution in [2.75, 3.05) is 13.2 Å². The highest BCUT2D eigenvalue weighted by Crippen LogP contribution is 2.23. The number of aryl methyl sites for hydroxylation is 1. The highest BCUT2D eigenvalue weighted by atomic mass is 19.1. The van der Waals surface area contributed by atoms with Crippen LogP contribution in [0.1, 0.15) is 36.3 Å². The van der Waals surface area contributed by atoms with E-state index in [1.54, 1.807) is 6.20 Å². The Kier molecular flexibility index (Phi) is 6.46. The van der Waals surface area contributed by atoms with Crippen LogP contribution >= 0.6 is 0 Å². The summed E-state index contributed by atoms with van der Waals surface area (Å²) in [4.78, 5) is 24.3. The summed E-state index contributed by atoms with van der Waals surface area (Å²) < 4.78 is 33.4.